The summed E-state index contributed by atoms with van der Waals surface area (Å²) in [4.78, 5) is 0. The molecule has 0 fully saturated rings. The zero-order chi connectivity index (χ0) is 13.8. The van der Waals surface area contributed by atoms with Crippen LogP contribution >= 0.6 is 11.6 Å². The minimum Gasteiger partial charge on any atom is -0.206 e. The Morgan fingerprint density at radius 2 is 1.74 bits per heavy atom. The minimum atomic E-state index is -0.259. The van der Waals surface area contributed by atoms with E-state index in [1.165, 1.54) is 6.07 Å². The SMILES string of the molecule is C/C(C#N)=C(\Cl)c1ccc(-c2ccccc2F)cc1. The summed E-state index contributed by atoms with van der Waals surface area (Å²) in [5.41, 5.74) is 2.54. The average molecular weight is 272 g/mol. The van der Waals surface area contributed by atoms with Crippen LogP contribution in [0.3, 0.4) is 0 Å². The summed E-state index contributed by atoms with van der Waals surface area (Å²) in [6, 6.07) is 15.8. The molecule has 2 aromatic carbocycles. The molecule has 0 spiro atoms. The van der Waals surface area contributed by atoms with Gasteiger partial charge in [0.15, 0.2) is 0 Å². The fraction of sp³-hybridized carbons (Fsp3) is 0.0625. The molecule has 0 aliphatic heterocycles. The van der Waals surface area contributed by atoms with Gasteiger partial charge < -0.3 is 0 Å². The highest BCUT2D eigenvalue weighted by molar-refractivity contribution is 6.49. The first-order valence-corrected chi connectivity index (χ1v) is 6.13. The van der Waals surface area contributed by atoms with E-state index < -0.39 is 0 Å². The van der Waals surface area contributed by atoms with Crippen molar-refractivity contribution in [2.24, 2.45) is 0 Å². The molecule has 1 nitrogen and oxygen atoms in total. The third-order valence-corrected chi connectivity index (χ3v) is 3.32. The van der Waals surface area contributed by atoms with Gasteiger partial charge in [-0.2, -0.15) is 5.26 Å². The third-order valence-electron chi connectivity index (χ3n) is 2.82. The Morgan fingerprint density at radius 3 is 2.32 bits per heavy atom. The van der Waals surface area contributed by atoms with E-state index >= 15 is 0 Å². The van der Waals surface area contributed by atoms with Crippen LogP contribution in [0.4, 0.5) is 4.39 Å². The second-order valence-corrected chi connectivity index (χ2v) is 4.49. The molecule has 0 amide bonds. The lowest BCUT2D eigenvalue weighted by Gasteiger charge is -2.05. The molecular formula is C16H11ClFN. The van der Waals surface area contributed by atoms with Gasteiger partial charge in [-0.1, -0.05) is 54.1 Å². The maximum atomic E-state index is 13.6. The van der Waals surface area contributed by atoms with Crippen molar-refractivity contribution in [3.05, 3.63) is 65.5 Å². The molecular weight excluding hydrogens is 261 g/mol. The lowest BCUT2D eigenvalue weighted by atomic mass is 10.0. The standard InChI is InChI=1S/C16H11ClFN/c1-11(10-19)16(17)13-8-6-12(7-9-13)14-4-2-3-5-15(14)18/h2-9H,1H3/b16-11+. The Morgan fingerprint density at radius 1 is 1.11 bits per heavy atom. The first-order chi connectivity index (χ1) is 9.13. The molecule has 0 aromatic heterocycles. The maximum absolute atomic E-state index is 13.6. The fourth-order valence-electron chi connectivity index (χ4n) is 1.76. The van der Waals surface area contributed by atoms with Crippen molar-refractivity contribution >= 4 is 16.6 Å². The van der Waals surface area contributed by atoms with Gasteiger partial charge in [-0.3, -0.25) is 0 Å². The molecule has 0 aliphatic carbocycles. The molecule has 2 rings (SSSR count). The number of nitrogens with zero attached hydrogens (tertiary/aromatic N) is 1. The summed E-state index contributed by atoms with van der Waals surface area (Å²) in [5.74, 6) is -0.259. The smallest absolute Gasteiger partial charge is 0.131 e. The van der Waals surface area contributed by atoms with E-state index in [0.29, 0.717) is 16.2 Å². The maximum Gasteiger partial charge on any atom is 0.131 e. The summed E-state index contributed by atoms with van der Waals surface area (Å²) in [5, 5.41) is 9.21. The Labute approximate surface area is 116 Å². The lowest BCUT2D eigenvalue weighted by molar-refractivity contribution is 0.631. The molecule has 2 aromatic rings. The molecule has 0 saturated carbocycles. The molecule has 3 heteroatoms. The monoisotopic (exact) mass is 271 g/mol. The normalized spacial score (nSPS) is 11.7. The molecule has 0 saturated heterocycles. The molecule has 0 heterocycles. The molecule has 0 atom stereocenters. The van der Waals surface area contributed by atoms with Gasteiger partial charge in [-0.05, 0) is 24.1 Å². The third kappa shape index (κ3) is 2.83. The van der Waals surface area contributed by atoms with Crippen LogP contribution in [0, 0.1) is 17.1 Å². The largest absolute Gasteiger partial charge is 0.206 e. The summed E-state index contributed by atoms with van der Waals surface area (Å²) in [7, 11) is 0. The molecule has 0 bridgehead atoms. The van der Waals surface area contributed by atoms with E-state index in [1.54, 1.807) is 49.4 Å². The Balaban J connectivity index is 2.41. The second-order valence-electron chi connectivity index (χ2n) is 4.11. The van der Waals surface area contributed by atoms with Gasteiger partial charge in [0.25, 0.3) is 0 Å². The number of halogens is 2. The van der Waals surface area contributed by atoms with Crippen molar-refractivity contribution in [3.8, 4) is 17.2 Å². The quantitative estimate of drug-likeness (QED) is 0.706. The van der Waals surface area contributed by atoms with Crippen LogP contribution in [0.1, 0.15) is 12.5 Å². The number of rotatable bonds is 2. The van der Waals surface area contributed by atoms with E-state index in [9.17, 15) is 4.39 Å². The molecule has 0 radical (unpaired) electrons. The van der Waals surface area contributed by atoms with Gasteiger partial charge in [0, 0.05) is 11.1 Å². The van der Waals surface area contributed by atoms with Gasteiger partial charge in [0.2, 0.25) is 0 Å². The van der Waals surface area contributed by atoms with E-state index in [0.717, 1.165) is 11.1 Å². The highest BCUT2D eigenvalue weighted by Crippen LogP contribution is 2.27. The number of hydrogen-bond donors (Lipinski definition) is 0. The van der Waals surface area contributed by atoms with Crippen LogP contribution in [0.5, 0.6) is 0 Å². The average Bonchev–Trinajstić information content (AvgIpc) is 2.46. The number of hydrogen-bond acceptors (Lipinski definition) is 1. The zero-order valence-electron chi connectivity index (χ0n) is 10.3. The first kappa shape index (κ1) is 13.3. The van der Waals surface area contributed by atoms with Crippen molar-refractivity contribution in [1.82, 2.24) is 0 Å². The summed E-state index contributed by atoms with van der Waals surface area (Å²) >= 11 is 6.07. The molecule has 94 valence electrons. The van der Waals surface area contributed by atoms with Crippen LogP contribution in [-0.2, 0) is 0 Å². The van der Waals surface area contributed by atoms with Crippen LogP contribution in [-0.4, -0.2) is 0 Å². The molecule has 0 aliphatic rings. The predicted molar refractivity (Wildman–Crippen MR) is 75.9 cm³/mol. The summed E-state index contributed by atoms with van der Waals surface area (Å²) in [6.45, 7) is 1.66. The van der Waals surface area contributed by atoms with E-state index in [2.05, 4.69) is 0 Å². The van der Waals surface area contributed by atoms with Crippen molar-refractivity contribution in [2.75, 3.05) is 0 Å². The van der Waals surface area contributed by atoms with E-state index in [4.69, 9.17) is 16.9 Å². The Kier molecular flexibility index (Phi) is 3.99. The lowest BCUT2D eigenvalue weighted by Crippen LogP contribution is -1.85. The van der Waals surface area contributed by atoms with Gasteiger partial charge in [0.1, 0.15) is 5.82 Å². The van der Waals surface area contributed by atoms with E-state index in [1.807, 2.05) is 6.07 Å². The van der Waals surface area contributed by atoms with Gasteiger partial charge >= 0.3 is 0 Å². The van der Waals surface area contributed by atoms with Crippen LogP contribution in [0.2, 0.25) is 0 Å². The zero-order valence-corrected chi connectivity index (χ0v) is 11.1. The van der Waals surface area contributed by atoms with Crippen molar-refractivity contribution in [2.45, 2.75) is 6.92 Å². The van der Waals surface area contributed by atoms with E-state index in [-0.39, 0.29) is 5.82 Å². The van der Waals surface area contributed by atoms with Crippen molar-refractivity contribution < 1.29 is 4.39 Å². The number of nitriles is 1. The highest BCUT2D eigenvalue weighted by atomic mass is 35.5. The fourth-order valence-corrected chi connectivity index (χ4v) is 1.93. The summed E-state index contributed by atoms with van der Waals surface area (Å²) < 4.78 is 13.6. The second kappa shape index (κ2) is 5.69. The topological polar surface area (TPSA) is 23.8 Å². The highest BCUT2D eigenvalue weighted by Gasteiger charge is 2.06. The van der Waals surface area contributed by atoms with Gasteiger partial charge in [-0.15, -0.1) is 0 Å². The summed E-state index contributed by atoms with van der Waals surface area (Å²) in [6.07, 6.45) is 0. The van der Waals surface area contributed by atoms with Crippen LogP contribution in [0.25, 0.3) is 16.2 Å². The molecule has 0 N–H and O–H groups in total. The van der Waals surface area contributed by atoms with Crippen molar-refractivity contribution in [3.63, 3.8) is 0 Å². The number of benzene rings is 2. The van der Waals surface area contributed by atoms with Gasteiger partial charge in [0.05, 0.1) is 11.1 Å². The van der Waals surface area contributed by atoms with Crippen molar-refractivity contribution in [1.29, 1.82) is 5.26 Å². The Hall–Kier alpha value is -2.11. The molecule has 0 unspecified atom stereocenters. The first-order valence-electron chi connectivity index (χ1n) is 5.75. The van der Waals surface area contributed by atoms with Gasteiger partial charge in [-0.25, -0.2) is 4.39 Å². The minimum absolute atomic E-state index is 0.259. The molecule has 19 heavy (non-hydrogen) atoms. The number of allylic oxidation sites excluding steroid dienone is 1. The van der Waals surface area contributed by atoms with Crippen LogP contribution in [0.15, 0.2) is 54.1 Å². The predicted octanol–water partition coefficient (Wildman–Crippen LogP) is 4.99. The Bertz CT molecular complexity index is 666. The van der Waals surface area contributed by atoms with Crippen LogP contribution < -0.4 is 0 Å².